The number of hydrogen-bond donors (Lipinski definition) is 3. The molecule has 1 aliphatic rings. The van der Waals surface area contributed by atoms with Gasteiger partial charge in [-0.1, -0.05) is 35.0 Å². The SMILES string of the molecule is Cc1cccc(Cn2cc(CNc3cc4c(c(C)n3)NC(O)CN4C)nn2)c1. The number of aliphatic hydroxyl groups is 1. The lowest BCUT2D eigenvalue weighted by molar-refractivity contribution is 0.207. The molecule has 0 radical (unpaired) electrons. The second-order valence-electron chi connectivity index (χ2n) is 7.28. The van der Waals surface area contributed by atoms with Gasteiger partial charge in [-0.15, -0.1) is 5.10 Å². The van der Waals surface area contributed by atoms with E-state index in [0.717, 1.165) is 28.6 Å². The average molecular weight is 379 g/mol. The minimum atomic E-state index is -0.583. The molecule has 0 spiro atoms. The lowest BCUT2D eigenvalue weighted by atomic mass is 10.1. The van der Waals surface area contributed by atoms with Crippen molar-refractivity contribution in [1.29, 1.82) is 0 Å². The maximum Gasteiger partial charge on any atom is 0.142 e. The number of nitrogens with one attached hydrogen (secondary N) is 2. The zero-order valence-electron chi connectivity index (χ0n) is 16.3. The molecule has 8 nitrogen and oxygen atoms in total. The highest BCUT2D eigenvalue weighted by atomic mass is 16.3. The van der Waals surface area contributed by atoms with Gasteiger partial charge in [-0.25, -0.2) is 9.67 Å². The van der Waals surface area contributed by atoms with E-state index in [0.29, 0.717) is 19.6 Å². The van der Waals surface area contributed by atoms with E-state index < -0.39 is 6.23 Å². The highest BCUT2D eigenvalue weighted by Crippen LogP contribution is 2.33. The Balaban J connectivity index is 1.43. The molecule has 0 bridgehead atoms. The normalized spacial score (nSPS) is 15.9. The van der Waals surface area contributed by atoms with Crippen LogP contribution in [0, 0.1) is 13.8 Å². The Morgan fingerprint density at radius 1 is 1.29 bits per heavy atom. The minimum Gasteiger partial charge on any atom is -0.372 e. The Labute approximate surface area is 164 Å². The molecule has 8 heteroatoms. The molecule has 3 heterocycles. The molecule has 1 aliphatic heterocycles. The molecular formula is C20H25N7O. The van der Waals surface area contributed by atoms with Crippen LogP contribution in [0.4, 0.5) is 17.2 Å². The maximum atomic E-state index is 9.88. The van der Waals surface area contributed by atoms with Crippen molar-refractivity contribution in [3.63, 3.8) is 0 Å². The molecule has 3 N–H and O–H groups in total. The molecule has 0 aliphatic carbocycles. The quantitative estimate of drug-likeness (QED) is 0.625. The van der Waals surface area contributed by atoms with E-state index in [1.165, 1.54) is 11.1 Å². The van der Waals surface area contributed by atoms with Crippen molar-refractivity contribution >= 4 is 17.2 Å². The van der Waals surface area contributed by atoms with Gasteiger partial charge in [-0.2, -0.15) is 0 Å². The Kier molecular flexibility index (Phi) is 4.87. The van der Waals surface area contributed by atoms with Gasteiger partial charge < -0.3 is 20.6 Å². The third-order valence-electron chi connectivity index (χ3n) is 4.81. The monoisotopic (exact) mass is 379 g/mol. The van der Waals surface area contributed by atoms with E-state index in [9.17, 15) is 5.11 Å². The van der Waals surface area contributed by atoms with Gasteiger partial charge >= 0.3 is 0 Å². The first-order valence-corrected chi connectivity index (χ1v) is 9.34. The molecule has 28 heavy (non-hydrogen) atoms. The third kappa shape index (κ3) is 3.91. The van der Waals surface area contributed by atoms with E-state index in [4.69, 9.17) is 0 Å². The number of rotatable bonds is 5. The van der Waals surface area contributed by atoms with Gasteiger partial charge in [0.25, 0.3) is 0 Å². The van der Waals surface area contributed by atoms with Gasteiger partial charge in [-0.05, 0) is 19.4 Å². The largest absolute Gasteiger partial charge is 0.372 e. The number of nitrogens with zero attached hydrogens (tertiary/aromatic N) is 5. The number of β-amino-alcohol motifs (C(OH)–C–C–N with tert-alkyl or cyclic N) is 1. The summed E-state index contributed by atoms with van der Waals surface area (Å²) < 4.78 is 1.84. The number of pyridine rings is 1. The highest BCUT2D eigenvalue weighted by Gasteiger charge is 2.22. The summed E-state index contributed by atoms with van der Waals surface area (Å²) in [6.45, 7) is 5.79. The van der Waals surface area contributed by atoms with Gasteiger partial charge in [-0.3, -0.25) is 0 Å². The first-order valence-electron chi connectivity index (χ1n) is 9.34. The predicted molar refractivity (Wildman–Crippen MR) is 110 cm³/mol. The average Bonchev–Trinajstić information content (AvgIpc) is 3.08. The summed E-state index contributed by atoms with van der Waals surface area (Å²) in [5.41, 5.74) is 6.02. The molecule has 146 valence electrons. The Hall–Kier alpha value is -3.13. The van der Waals surface area contributed by atoms with Crippen LogP contribution in [0.3, 0.4) is 0 Å². The summed E-state index contributed by atoms with van der Waals surface area (Å²) in [7, 11) is 1.96. The van der Waals surface area contributed by atoms with E-state index in [2.05, 4.69) is 57.1 Å². The summed E-state index contributed by atoms with van der Waals surface area (Å²) >= 11 is 0. The first-order chi connectivity index (χ1) is 13.5. The fourth-order valence-electron chi connectivity index (χ4n) is 3.47. The second-order valence-corrected chi connectivity index (χ2v) is 7.28. The van der Waals surface area contributed by atoms with Crippen LogP contribution in [0.15, 0.2) is 36.5 Å². The maximum absolute atomic E-state index is 9.88. The molecule has 1 aromatic carbocycles. The summed E-state index contributed by atoms with van der Waals surface area (Å²) in [4.78, 5) is 6.61. The van der Waals surface area contributed by atoms with Crippen molar-refractivity contribution < 1.29 is 5.11 Å². The van der Waals surface area contributed by atoms with Crippen molar-refractivity contribution in [2.75, 3.05) is 29.1 Å². The number of aliphatic hydroxyl groups excluding tert-OH is 1. The lowest BCUT2D eigenvalue weighted by Crippen LogP contribution is -2.39. The number of aryl methyl sites for hydroxylation is 2. The van der Waals surface area contributed by atoms with E-state index in [1.807, 2.05) is 35.8 Å². The van der Waals surface area contributed by atoms with Crippen LogP contribution in [0.5, 0.6) is 0 Å². The van der Waals surface area contributed by atoms with Crippen LogP contribution < -0.4 is 15.5 Å². The van der Waals surface area contributed by atoms with E-state index in [1.54, 1.807) is 0 Å². The number of aromatic nitrogens is 4. The predicted octanol–water partition coefficient (Wildman–Crippen LogP) is 2.13. The number of benzene rings is 1. The molecule has 2 aromatic heterocycles. The fraction of sp³-hybridized carbons (Fsp3) is 0.350. The van der Waals surface area contributed by atoms with Gasteiger partial charge in [0.15, 0.2) is 0 Å². The topological polar surface area (TPSA) is 91.1 Å². The Bertz CT molecular complexity index is 984. The first kappa shape index (κ1) is 18.2. The van der Waals surface area contributed by atoms with Gasteiger partial charge in [0, 0.05) is 13.1 Å². The van der Waals surface area contributed by atoms with Crippen molar-refractivity contribution in [3.8, 4) is 0 Å². The molecule has 1 atom stereocenters. The molecule has 0 fully saturated rings. The Morgan fingerprint density at radius 3 is 2.96 bits per heavy atom. The molecule has 0 saturated heterocycles. The van der Waals surface area contributed by atoms with Crippen molar-refractivity contribution in [2.45, 2.75) is 33.2 Å². The van der Waals surface area contributed by atoms with Gasteiger partial charge in [0.2, 0.25) is 0 Å². The van der Waals surface area contributed by atoms with Crippen molar-refractivity contribution in [3.05, 3.63) is 59.0 Å². The second kappa shape index (κ2) is 7.47. The molecular weight excluding hydrogens is 354 g/mol. The van der Waals surface area contributed by atoms with Gasteiger partial charge in [0.1, 0.15) is 17.7 Å². The van der Waals surface area contributed by atoms with Crippen LogP contribution in [0.1, 0.15) is 22.5 Å². The summed E-state index contributed by atoms with van der Waals surface area (Å²) in [6.07, 6.45) is 1.37. The van der Waals surface area contributed by atoms with Crippen molar-refractivity contribution in [1.82, 2.24) is 20.0 Å². The molecule has 0 saturated carbocycles. The fourth-order valence-corrected chi connectivity index (χ4v) is 3.47. The lowest BCUT2D eigenvalue weighted by Gasteiger charge is -2.33. The van der Waals surface area contributed by atoms with Crippen LogP contribution in [0.2, 0.25) is 0 Å². The van der Waals surface area contributed by atoms with Crippen LogP contribution in [-0.4, -0.2) is 44.9 Å². The molecule has 1 unspecified atom stereocenters. The van der Waals surface area contributed by atoms with Crippen molar-refractivity contribution in [2.24, 2.45) is 0 Å². The number of likely N-dealkylation sites (N-methyl/N-ethyl adjacent to an activating group) is 1. The van der Waals surface area contributed by atoms with Crippen LogP contribution in [-0.2, 0) is 13.1 Å². The third-order valence-corrected chi connectivity index (χ3v) is 4.81. The number of anilines is 3. The standard InChI is InChI=1S/C20H25N7O/c1-13-5-4-6-15(7-13)10-27-11-16(24-25-27)9-21-18-8-17-20(14(2)22-18)23-19(28)12-26(17)3/h4-8,11,19,23,28H,9-10,12H2,1-3H3,(H,21,22). The summed E-state index contributed by atoms with van der Waals surface area (Å²) in [5.74, 6) is 0.773. The zero-order chi connectivity index (χ0) is 19.7. The summed E-state index contributed by atoms with van der Waals surface area (Å²) in [5, 5.41) is 24.8. The van der Waals surface area contributed by atoms with E-state index in [-0.39, 0.29) is 0 Å². The number of fused-ring (bicyclic) bond motifs is 1. The molecule has 3 aromatic rings. The van der Waals surface area contributed by atoms with Crippen LogP contribution >= 0.6 is 0 Å². The molecule has 0 amide bonds. The molecule has 4 rings (SSSR count). The van der Waals surface area contributed by atoms with E-state index >= 15 is 0 Å². The minimum absolute atomic E-state index is 0.531. The number of hydrogen-bond acceptors (Lipinski definition) is 7. The smallest absolute Gasteiger partial charge is 0.142 e. The highest BCUT2D eigenvalue weighted by molar-refractivity contribution is 5.77. The van der Waals surface area contributed by atoms with Crippen LogP contribution in [0.25, 0.3) is 0 Å². The zero-order valence-corrected chi connectivity index (χ0v) is 16.3. The summed E-state index contributed by atoms with van der Waals surface area (Å²) in [6, 6.07) is 10.4. The Morgan fingerprint density at radius 2 is 2.14 bits per heavy atom. The van der Waals surface area contributed by atoms with Gasteiger partial charge in [0.05, 0.1) is 42.9 Å².